The van der Waals surface area contributed by atoms with Gasteiger partial charge in [0.25, 0.3) is 5.92 Å². The molecule has 0 bridgehead atoms. The van der Waals surface area contributed by atoms with Crippen LogP contribution in [0.15, 0.2) is 36.5 Å². The second-order valence-corrected chi connectivity index (χ2v) is 6.18. The topological polar surface area (TPSA) is 58.4 Å². The fourth-order valence-electron chi connectivity index (χ4n) is 3.10. The lowest BCUT2D eigenvalue weighted by atomic mass is 9.93. The van der Waals surface area contributed by atoms with Crippen LogP contribution >= 0.6 is 0 Å². The molecule has 3 rings (SSSR count). The smallest absolute Gasteiger partial charge is 0.313 e. The number of nitrogens with zero attached hydrogens (tertiary/aromatic N) is 3. The highest BCUT2D eigenvalue weighted by Crippen LogP contribution is 2.34. The van der Waals surface area contributed by atoms with Crippen molar-refractivity contribution in [3.63, 3.8) is 0 Å². The summed E-state index contributed by atoms with van der Waals surface area (Å²) in [4.78, 5) is 12.9. The van der Waals surface area contributed by atoms with Crippen LogP contribution in [-0.4, -0.2) is 44.8 Å². The van der Waals surface area contributed by atoms with E-state index in [2.05, 4.69) is 5.10 Å². The molecule has 0 radical (unpaired) electrons. The predicted molar refractivity (Wildman–Crippen MR) is 84.6 cm³/mol. The van der Waals surface area contributed by atoms with Crippen LogP contribution in [0.1, 0.15) is 12.0 Å². The molecule has 0 spiro atoms. The number of likely N-dealkylation sites (tertiary alicyclic amines) is 1. The molecule has 5 nitrogen and oxygen atoms in total. The summed E-state index contributed by atoms with van der Waals surface area (Å²) in [6.45, 7) is 0.406. The van der Waals surface area contributed by atoms with E-state index in [1.807, 2.05) is 36.5 Å². The highest BCUT2D eigenvalue weighted by atomic mass is 19.3. The summed E-state index contributed by atoms with van der Waals surface area (Å²) in [5.41, 5.74) is 2.64. The van der Waals surface area contributed by atoms with Crippen LogP contribution in [0.25, 0.3) is 11.3 Å². The third kappa shape index (κ3) is 3.31. The first kappa shape index (κ1) is 16.6. The highest BCUT2D eigenvalue weighted by Gasteiger charge is 2.48. The molecule has 128 valence electrons. The largest absolute Gasteiger partial charge is 0.481 e. The Labute approximate surface area is 138 Å². The number of aliphatic carboxylic acids is 1. The first-order valence-corrected chi connectivity index (χ1v) is 7.78. The molecule has 1 atom stereocenters. The molecular formula is C17H19F2N3O2. The molecule has 2 aromatic rings. The lowest BCUT2D eigenvalue weighted by Gasteiger charge is -2.36. The van der Waals surface area contributed by atoms with Crippen molar-refractivity contribution in [3.8, 4) is 11.3 Å². The molecule has 2 heterocycles. The van der Waals surface area contributed by atoms with Gasteiger partial charge in [0.05, 0.1) is 5.69 Å². The maximum Gasteiger partial charge on any atom is 0.313 e. The minimum absolute atomic E-state index is 0.161. The summed E-state index contributed by atoms with van der Waals surface area (Å²) in [6.07, 6.45) is 1.41. The average Bonchev–Trinajstić information content (AvgIpc) is 2.90. The number of piperidine rings is 1. The number of halogens is 2. The third-order valence-electron chi connectivity index (χ3n) is 4.36. The molecule has 1 N–H and O–H groups in total. The van der Waals surface area contributed by atoms with Crippen molar-refractivity contribution in [1.29, 1.82) is 0 Å². The second kappa shape index (κ2) is 6.32. The summed E-state index contributed by atoms with van der Waals surface area (Å²) in [5.74, 6) is -6.26. The maximum atomic E-state index is 13.8. The second-order valence-electron chi connectivity index (χ2n) is 6.18. The van der Waals surface area contributed by atoms with Crippen LogP contribution in [0.3, 0.4) is 0 Å². The van der Waals surface area contributed by atoms with Gasteiger partial charge in [-0.1, -0.05) is 30.3 Å². The molecule has 1 saturated heterocycles. The molecular weight excluding hydrogens is 316 g/mol. The number of rotatable bonds is 4. The van der Waals surface area contributed by atoms with Crippen LogP contribution in [0.4, 0.5) is 8.78 Å². The van der Waals surface area contributed by atoms with Crippen molar-refractivity contribution in [2.75, 3.05) is 13.1 Å². The molecule has 7 heteroatoms. The first-order chi connectivity index (χ1) is 11.4. The van der Waals surface area contributed by atoms with Crippen molar-refractivity contribution in [2.24, 2.45) is 13.0 Å². The van der Waals surface area contributed by atoms with Crippen molar-refractivity contribution in [1.82, 2.24) is 14.7 Å². The van der Waals surface area contributed by atoms with E-state index in [9.17, 15) is 13.6 Å². The number of carboxylic acid groups (broad SMARTS) is 1. The van der Waals surface area contributed by atoms with Gasteiger partial charge in [0.15, 0.2) is 0 Å². The summed E-state index contributed by atoms with van der Waals surface area (Å²) in [6, 6.07) is 9.62. The third-order valence-corrected chi connectivity index (χ3v) is 4.36. The van der Waals surface area contributed by atoms with Gasteiger partial charge >= 0.3 is 5.97 Å². The molecule has 1 aliphatic heterocycles. The Kier molecular flexibility index (Phi) is 4.36. The highest BCUT2D eigenvalue weighted by molar-refractivity contribution is 5.71. The molecule has 0 saturated carbocycles. The van der Waals surface area contributed by atoms with Crippen LogP contribution < -0.4 is 0 Å². The zero-order valence-electron chi connectivity index (χ0n) is 13.3. The van der Waals surface area contributed by atoms with Gasteiger partial charge in [0.1, 0.15) is 5.92 Å². The Hall–Kier alpha value is -2.28. The quantitative estimate of drug-likeness (QED) is 0.933. The summed E-state index contributed by atoms with van der Waals surface area (Å²) < 4.78 is 29.2. The number of carbonyl (C=O) groups is 1. The minimum Gasteiger partial charge on any atom is -0.481 e. The summed E-state index contributed by atoms with van der Waals surface area (Å²) >= 11 is 0. The van der Waals surface area contributed by atoms with E-state index >= 15 is 0 Å². The van der Waals surface area contributed by atoms with Crippen molar-refractivity contribution >= 4 is 5.97 Å². The Bertz CT molecular complexity index is 731. The Balaban J connectivity index is 1.81. The van der Waals surface area contributed by atoms with E-state index in [-0.39, 0.29) is 13.1 Å². The van der Waals surface area contributed by atoms with Crippen LogP contribution in [0.2, 0.25) is 0 Å². The molecule has 1 aromatic carbocycles. The molecule has 1 aromatic heterocycles. The Morgan fingerprint density at radius 2 is 2.08 bits per heavy atom. The van der Waals surface area contributed by atoms with Gasteiger partial charge in [-0.3, -0.25) is 14.4 Å². The first-order valence-electron chi connectivity index (χ1n) is 7.78. The molecule has 24 heavy (non-hydrogen) atoms. The number of carboxylic acids is 1. The molecule has 1 aliphatic rings. The van der Waals surface area contributed by atoms with E-state index < -0.39 is 24.2 Å². The summed E-state index contributed by atoms with van der Waals surface area (Å²) in [7, 11) is 1.81. The zero-order valence-corrected chi connectivity index (χ0v) is 13.3. The number of hydrogen-bond acceptors (Lipinski definition) is 3. The lowest BCUT2D eigenvalue weighted by molar-refractivity contribution is -0.167. The number of hydrogen-bond donors (Lipinski definition) is 1. The minimum atomic E-state index is -3.15. The van der Waals surface area contributed by atoms with Gasteiger partial charge in [-0.25, -0.2) is 8.78 Å². The van der Waals surface area contributed by atoms with Gasteiger partial charge in [-0.2, -0.15) is 5.10 Å². The van der Waals surface area contributed by atoms with E-state index in [0.717, 1.165) is 16.8 Å². The number of benzene rings is 1. The molecule has 1 fully saturated rings. The standard InChI is InChI=1S/C17H19F2N3O2/c1-21-9-13(15(20-21)12-5-3-2-4-6-12)10-22-8-7-17(18,19)14(11-22)16(23)24/h2-6,9,14H,7-8,10-11H2,1H3,(H,23,24). The maximum absolute atomic E-state index is 13.8. The van der Waals surface area contributed by atoms with Gasteiger partial charge in [0, 0.05) is 50.4 Å². The Morgan fingerprint density at radius 1 is 1.38 bits per heavy atom. The predicted octanol–water partition coefficient (Wildman–Crippen LogP) is 2.63. The van der Waals surface area contributed by atoms with E-state index in [0.29, 0.717) is 6.54 Å². The van der Waals surface area contributed by atoms with Crippen molar-refractivity contribution in [3.05, 3.63) is 42.1 Å². The molecule has 1 unspecified atom stereocenters. The van der Waals surface area contributed by atoms with Gasteiger partial charge in [0.2, 0.25) is 0 Å². The fraction of sp³-hybridized carbons (Fsp3) is 0.412. The summed E-state index contributed by atoms with van der Waals surface area (Å²) in [5, 5.41) is 13.5. The monoisotopic (exact) mass is 335 g/mol. The van der Waals surface area contributed by atoms with Crippen LogP contribution in [-0.2, 0) is 18.4 Å². The van der Waals surface area contributed by atoms with Crippen LogP contribution in [0.5, 0.6) is 0 Å². The van der Waals surface area contributed by atoms with Crippen LogP contribution in [0, 0.1) is 5.92 Å². The van der Waals surface area contributed by atoms with Gasteiger partial charge in [-0.05, 0) is 0 Å². The zero-order chi connectivity index (χ0) is 17.3. The van der Waals surface area contributed by atoms with Crippen molar-refractivity contribution < 1.29 is 18.7 Å². The van der Waals surface area contributed by atoms with Crippen molar-refractivity contribution in [2.45, 2.75) is 18.9 Å². The fourth-order valence-corrected chi connectivity index (χ4v) is 3.10. The number of alkyl halides is 2. The number of aryl methyl sites for hydroxylation is 1. The molecule has 0 amide bonds. The lowest BCUT2D eigenvalue weighted by Crippen LogP contribution is -2.50. The average molecular weight is 335 g/mol. The van der Waals surface area contributed by atoms with E-state index in [4.69, 9.17) is 5.11 Å². The normalized spacial score (nSPS) is 20.9. The van der Waals surface area contributed by atoms with E-state index in [1.54, 1.807) is 16.6 Å². The molecule has 0 aliphatic carbocycles. The van der Waals surface area contributed by atoms with Gasteiger partial charge in [-0.15, -0.1) is 0 Å². The van der Waals surface area contributed by atoms with Gasteiger partial charge < -0.3 is 5.11 Å². The SMILES string of the molecule is Cn1cc(CN2CCC(F)(F)C(C(=O)O)C2)c(-c2ccccc2)n1. The number of aromatic nitrogens is 2. The van der Waals surface area contributed by atoms with E-state index in [1.165, 1.54) is 0 Å². The Morgan fingerprint density at radius 3 is 2.75 bits per heavy atom.